The molecule has 1 aliphatic rings. The van der Waals surface area contributed by atoms with Crippen LogP contribution in [0.2, 0.25) is 0 Å². The fraction of sp³-hybridized carbons (Fsp3) is 0.688. The highest BCUT2D eigenvalue weighted by molar-refractivity contribution is 5.18. The van der Waals surface area contributed by atoms with Crippen LogP contribution in [0.4, 0.5) is 0 Å². The number of piperazine rings is 1. The molecule has 1 N–H and O–H groups in total. The van der Waals surface area contributed by atoms with Crippen molar-refractivity contribution in [3.8, 4) is 5.88 Å². The largest absolute Gasteiger partial charge is 0.481 e. The van der Waals surface area contributed by atoms with Crippen LogP contribution in [0.5, 0.6) is 5.88 Å². The first-order chi connectivity index (χ1) is 9.60. The first-order valence-corrected chi connectivity index (χ1v) is 7.58. The van der Waals surface area contributed by atoms with Crippen LogP contribution in [0.15, 0.2) is 18.3 Å². The summed E-state index contributed by atoms with van der Waals surface area (Å²) in [4.78, 5) is 6.89. The van der Waals surface area contributed by atoms with E-state index in [1.807, 2.05) is 12.3 Å². The number of rotatable bonds is 5. The minimum Gasteiger partial charge on any atom is -0.481 e. The zero-order valence-corrected chi connectivity index (χ0v) is 13.1. The van der Waals surface area contributed by atoms with Gasteiger partial charge in [0, 0.05) is 43.5 Å². The van der Waals surface area contributed by atoms with Crippen molar-refractivity contribution in [2.45, 2.75) is 51.7 Å². The zero-order chi connectivity index (χ0) is 14.6. The Morgan fingerprint density at radius 2 is 2.25 bits per heavy atom. The van der Waals surface area contributed by atoms with Crippen molar-refractivity contribution in [1.29, 1.82) is 0 Å². The lowest BCUT2D eigenvalue weighted by Crippen LogP contribution is -2.62. The van der Waals surface area contributed by atoms with Crippen molar-refractivity contribution in [2.24, 2.45) is 0 Å². The molecule has 4 heteroatoms. The third-order valence-corrected chi connectivity index (χ3v) is 4.48. The number of hydrogen-bond acceptors (Lipinski definition) is 4. The van der Waals surface area contributed by atoms with Crippen LogP contribution >= 0.6 is 0 Å². The highest BCUT2D eigenvalue weighted by atomic mass is 16.5. The van der Waals surface area contributed by atoms with Crippen molar-refractivity contribution in [2.75, 3.05) is 20.2 Å². The van der Waals surface area contributed by atoms with E-state index in [0.29, 0.717) is 11.9 Å². The molecule has 2 unspecified atom stereocenters. The van der Waals surface area contributed by atoms with Gasteiger partial charge in [-0.1, -0.05) is 19.9 Å². The lowest BCUT2D eigenvalue weighted by molar-refractivity contribution is 0.0754. The van der Waals surface area contributed by atoms with E-state index in [2.05, 4.69) is 42.0 Å². The second-order valence-corrected chi connectivity index (χ2v) is 5.97. The summed E-state index contributed by atoms with van der Waals surface area (Å²) in [6.45, 7) is 9.97. The minimum absolute atomic E-state index is 0.228. The molecule has 1 aromatic heterocycles. The van der Waals surface area contributed by atoms with E-state index < -0.39 is 0 Å². The summed E-state index contributed by atoms with van der Waals surface area (Å²) in [5.74, 6) is 0.680. The molecule has 0 bridgehead atoms. The van der Waals surface area contributed by atoms with Crippen LogP contribution in [-0.4, -0.2) is 41.7 Å². The van der Waals surface area contributed by atoms with E-state index in [9.17, 15) is 0 Å². The molecule has 2 atom stereocenters. The second-order valence-electron chi connectivity index (χ2n) is 5.97. The highest BCUT2D eigenvalue weighted by Crippen LogP contribution is 2.22. The summed E-state index contributed by atoms with van der Waals surface area (Å²) in [7, 11) is 1.65. The molecular weight excluding hydrogens is 250 g/mol. The fourth-order valence-electron chi connectivity index (χ4n) is 2.81. The quantitative estimate of drug-likeness (QED) is 0.897. The first kappa shape index (κ1) is 15.3. The van der Waals surface area contributed by atoms with Gasteiger partial charge in [0.1, 0.15) is 0 Å². The molecule has 2 rings (SSSR count). The van der Waals surface area contributed by atoms with Gasteiger partial charge in [0.15, 0.2) is 0 Å². The van der Waals surface area contributed by atoms with Gasteiger partial charge in [0.05, 0.1) is 7.11 Å². The molecular formula is C16H27N3O. The molecule has 0 aliphatic carbocycles. The van der Waals surface area contributed by atoms with Crippen molar-refractivity contribution in [3.05, 3.63) is 23.9 Å². The van der Waals surface area contributed by atoms with Crippen molar-refractivity contribution < 1.29 is 4.74 Å². The van der Waals surface area contributed by atoms with E-state index in [4.69, 9.17) is 4.74 Å². The average Bonchev–Trinajstić information content (AvgIpc) is 2.48. The van der Waals surface area contributed by atoms with Crippen molar-refractivity contribution in [1.82, 2.24) is 15.2 Å². The Labute approximate surface area is 122 Å². The van der Waals surface area contributed by atoms with Crippen LogP contribution < -0.4 is 10.1 Å². The smallest absolute Gasteiger partial charge is 0.212 e. The summed E-state index contributed by atoms with van der Waals surface area (Å²) < 4.78 is 5.12. The van der Waals surface area contributed by atoms with Crippen LogP contribution in [0.25, 0.3) is 0 Å². The number of nitrogens with one attached hydrogen (secondary N) is 1. The highest BCUT2D eigenvalue weighted by Gasteiger charge is 2.33. The predicted octanol–water partition coefficient (Wildman–Crippen LogP) is 2.44. The van der Waals surface area contributed by atoms with Gasteiger partial charge in [0.2, 0.25) is 5.88 Å². The number of nitrogens with zero attached hydrogens (tertiary/aromatic N) is 2. The summed E-state index contributed by atoms with van der Waals surface area (Å²) in [5, 5.41) is 3.70. The number of aromatic nitrogens is 1. The van der Waals surface area contributed by atoms with Gasteiger partial charge in [0.25, 0.3) is 0 Å². The van der Waals surface area contributed by atoms with E-state index in [0.717, 1.165) is 26.1 Å². The van der Waals surface area contributed by atoms with Gasteiger partial charge in [-0.3, -0.25) is 4.90 Å². The molecule has 20 heavy (non-hydrogen) atoms. The van der Waals surface area contributed by atoms with Crippen molar-refractivity contribution >= 4 is 0 Å². The van der Waals surface area contributed by atoms with Crippen molar-refractivity contribution in [3.63, 3.8) is 0 Å². The maximum atomic E-state index is 5.12. The van der Waals surface area contributed by atoms with Gasteiger partial charge < -0.3 is 10.1 Å². The van der Waals surface area contributed by atoms with E-state index >= 15 is 0 Å². The number of pyridine rings is 1. The molecule has 1 fully saturated rings. The third-order valence-electron chi connectivity index (χ3n) is 4.48. The normalized spacial score (nSPS) is 27.5. The van der Waals surface area contributed by atoms with E-state index in [-0.39, 0.29) is 5.54 Å². The molecule has 0 radical (unpaired) electrons. The van der Waals surface area contributed by atoms with Crippen LogP contribution in [-0.2, 0) is 6.54 Å². The van der Waals surface area contributed by atoms with Crippen LogP contribution in [0.3, 0.4) is 0 Å². The van der Waals surface area contributed by atoms with Gasteiger partial charge in [-0.15, -0.1) is 0 Å². The first-order valence-electron chi connectivity index (χ1n) is 7.58. The van der Waals surface area contributed by atoms with Gasteiger partial charge in [-0.25, -0.2) is 4.98 Å². The standard InChI is InChI=1S/C16H27N3O/c1-5-14-10-18-16(3,6-2)12-19(14)11-13-7-8-15(20-4)17-9-13/h7-9,14,18H,5-6,10-12H2,1-4H3. The van der Waals surface area contributed by atoms with Gasteiger partial charge >= 0.3 is 0 Å². The van der Waals surface area contributed by atoms with E-state index in [1.54, 1.807) is 7.11 Å². The van der Waals surface area contributed by atoms with E-state index in [1.165, 1.54) is 12.0 Å². The summed E-state index contributed by atoms with van der Waals surface area (Å²) in [6.07, 6.45) is 4.26. The molecule has 0 amide bonds. The Morgan fingerprint density at radius 3 is 2.80 bits per heavy atom. The molecule has 4 nitrogen and oxygen atoms in total. The molecule has 0 aromatic carbocycles. The maximum Gasteiger partial charge on any atom is 0.212 e. The molecule has 1 saturated heterocycles. The van der Waals surface area contributed by atoms with Gasteiger partial charge in [-0.05, 0) is 25.3 Å². The Morgan fingerprint density at radius 1 is 1.45 bits per heavy atom. The number of ether oxygens (including phenoxy) is 1. The predicted molar refractivity (Wildman–Crippen MR) is 82.0 cm³/mol. The SMILES string of the molecule is CCC1CNC(C)(CC)CN1Cc1ccc(OC)nc1. The molecule has 1 aromatic rings. The molecule has 2 heterocycles. The molecule has 1 aliphatic heterocycles. The molecule has 0 spiro atoms. The lowest BCUT2D eigenvalue weighted by atomic mass is 9.92. The maximum absolute atomic E-state index is 5.12. The zero-order valence-electron chi connectivity index (χ0n) is 13.1. The lowest BCUT2D eigenvalue weighted by Gasteiger charge is -2.46. The average molecular weight is 277 g/mol. The monoisotopic (exact) mass is 277 g/mol. The van der Waals surface area contributed by atoms with Crippen LogP contribution in [0, 0.1) is 0 Å². The fourth-order valence-corrected chi connectivity index (χ4v) is 2.81. The van der Waals surface area contributed by atoms with Gasteiger partial charge in [-0.2, -0.15) is 0 Å². The Hall–Kier alpha value is -1.13. The molecule has 112 valence electrons. The minimum atomic E-state index is 0.228. The van der Waals surface area contributed by atoms with Crippen LogP contribution in [0.1, 0.15) is 39.2 Å². The Bertz CT molecular complexity index is 420. The number of hydrogen-bond donors (Lipinski definition) is 1. The molecule has 0 saturated carbocycles. The topological polar surface area (TPSA) is 37.4 Å². The second kappa shape index (κ2) is 6.55. The Balaban J connectivity index is 2.06. The summed E-state index contributed by atoms with van der Waals surface area (Å²) in [6, 6.07) is 4.66. The number of methoxy groups -OCH3 is 1. The Kier molecular flexibility index (Phi) is 5.00. The summed E-state index contributed by atoms with van der Waals surface area (Å²) in [5.41, 5.74) is 1.48. The summed E-state index contributed by atoms with van der Waals surface area (Å²) >= 11 is 0. The third kappa shape index (κ3) is 3.49.